The summed E-state index contributed by atoms with van der Waals surface area (Å²) in [6.45, 7) is 4.56. The van der Waals surface area contributed by atoms with Crippen molar-refractivity contribution in [1.29, 1.82) is 0 Å². The van der Waals surface area contributed by atoms with Gasteiger partial charge in [-0.15, -0.1) is 0 Å². The number of nitrogens with zero attached hydrogens (tertiary/aromatic N) is 2. The highest BCUT2D eigenvalue weighted by Gasteiger charge is 2.24. The van der Waals surface area contributed by atoms with E-state index in [2.05, 4.69) is 10.6 Å². The number of likely N-dealkylation sites (N-methyl/N-ethyl adjacent to an activating group) is 1. The molecule has 2 N–H and O–H groups in total. The van der Waals surface area contributed by atoms with Gasteiger partial charge < -0.3 is 20.3 Å². The second kappa shape index (κ2) is 9.67. The largest absolute Gasteiger partial charge is 0.452 e. The first-order chi connectivity index (χ1) is 13.3. The molecule has 1 fully saturated rings. The van der Waals surface area contributed by atoms with Gasteiger partial charge >= 0.3 is 5.97 Å². The fourth-order valence-corrected chi connectivity index (χ4v) is 2.91. The van der Waals surface area contributed by atoms with Crippen LogP contribution in [0.3, 0.4) is 0 Å². The molecule has 152 valence electrons. The number of rotatable bonds is 8. The molecule has 1 aromatic rings. The van der Waals surface area contributed by atoms with E-state index >= 15 is 0 Å². The predicted octanol–water partition coefficient (Wildman–Crippen LogP) is 0.993. The molecule has 28 heavy (non-hydrogen) atoms. The molecule has 1 atom stereocenters. The van der Waals surface area contributed by atoms with Crippen LogP contribution in [0.1, 0.15) is 37.0 Å². The van der Waals surface area contributed by atoms with E-state index in [1.807, 2.05) is 4.90 Å². The van der Waals surface area contributed by atoms with Gasteiger partial charge in [0.05, 0.1) is 10.5 Å². The van der Waals surface area contributed by atoms with E-state index in [1.54, 1.807) is 6.92 Å². The number of amides is 2. The lowest BCUT2D eigenvalue weighted by Crippen LogP contribution is -2.46. The first-order valence-electron chi connectivity index (χ1n) is 9.11. The third-order valence-electron chi connectivity index (χ3n) is 4.31. The molecule has 2 rings (SSSR count). The molecule has 0 saturated carbocycles. The summed E-state index contributed by atoms with van der Waals surface area (Å²) in [5, 5.41) is 16.3. The number of anilines is 1. The van der Waals surface area contributed by atoms with E-state index in [4.69, 9.17) is 4.74 Å². The van der Waals surface area contributed by atoms with E-state index in [1.165, 1.54) is 19.1 Å². The molecule has 0 spiro atoms. The average molecular weight is 392 g/mol. The van der Waals surface area contributed by atoms with E-state index in [-0.39, 0.29) is 17.2 Å². The Labute approximate surface area is 162 Å². The number of nitrogens with one attached hydrogen (secondary N) is 2. The number of benzene rings is 1. The van der Waals surface area contributed by atoms with Gasteiger partial charge in [-0.25, -0.2) is 4.79 Å². The van der Waals surface area contributed by atoms with Crippen LogP contribution in [0.25, 0.3) is 0 Å². The lowest BCUT2D eigenvalue weighted by Gasteiger charge is -2.17. The van der Waals surface area contributed by atoms with Gasteiger partial charge in [-0.1, -0.05) is 0 Å². The molecule has 2 amide bonds. The molecule has 1 aliphatic heterocycles. The Morgan fingerprint density at radius 2 is 1.96 bits per heavy atom. The van der Waals surface area contributed by atoms with Gasteiger partial charge in [0.2, 0.25) is 5.91 Å². The summed E-state index contributed by atoms with van der Waals surface area (Å²) in [6.07, 6.45) is 1.93. The van der Waals surface area contributed by atoms with Crippen LogP contribution in [-0.4, -0.2) is 55.0 Å². The zero-order valence-electron chi connectivity index (χ0n) is 15.9. The SMILES string of the molecule is CCNC(=O)[C@@H](C)NC(=O)COC(=O)c1ccc(N2CCCC2)c([N+](=O)[O-])c1. The molecule has 0 unspecified atom stereocenters. The maximum atomic E-state index is 12.2. The van der Waals surface area contributed by atoms with Gasteiger partial charge in [-0.2, -0.15) is 0 Å². The van der Waals surface area contributed by atoms with Gasteiger partial charge in [0.1, 0.15) is 11.7 Å². The number of ether oxygens (including phenoxy) is 1. The Bertz CT molecular complexity index is 760. The molecular formula is C18H24N4O6. The van der Waals surface area contributed by atoms with Gasteiger partial charge in [0.25, 0.3) is 11.6 Å². The van der Waals surface area contributed by atoms with E-state index < -0.39 is 29.4 Å². The predicted molar refractivity (Wildman–Crippen MR) is 101 cm³/mol. The van der Waals surface area contributed by atoms with E-state index in [0.29, 0.717) is 12.2 Å². The molecule has 1 aliphatic rings. The van der Waals surface area contributed by atoms with Gasteiger partial charge in [0, 0.05) is 25.7 Å². The van der Waals surface area contributed by atoms with Crippen LogP contribution in [0.4, 0.5) is 11.4 Å². The number of carbonyl (C=O) groups is 3. The molecule has 10 nitrogen and oxygen atoms in total. The minimum absolute atomic E-state index is 0.0146. The number of nitro groups is 1. The Morgan fingerprint density at radius 1 is 1.29 bits per heavy atom. The molecule has 1 saturated heterocycles. The molecule has 0 radical (unpaired) electrons. The normalized spacial score (nSPS) is 14.3. The van der Waals surface area contributed by atoms with Crippen LogP contribution in [0.15, 0.2) is 18.2 Å². The molecule has 1 aromatic carbocycles. The van der Waals surface area contributed by atoms with Crippen LogP contribution in [0, 0.1) is 10.1 Å². The summed E-state index contributed by atoms with van der Waals surface area (Å²) in [5.74, 6) is -1.84. The maximum Gasteiger partial charge on any atom is 0.338 e. The minimum Gasteiger partial charge on any atom is -0.452 e. The fraction of sp³-hybridized carbons (Fsp3) is 0.500. The molecule has 0 bridgehead atoms. The summed E-state index contributed by atoms with van der Waals surface area (Å²) >= 11 is 0. The summed E-state index contributed by atoms with van der Waals surface area (Å²) in [7, 11) is 0. The fourth-order valence-electron chi connectivity index (χ4n) is 2.91. The standard InChI is InChI=1S/C18H24N4O6/c1-3-19-17(24)12(2)20-16(23)11-28-18(25)13-6-7-14(15(10-13)22(26)27)21-8-4-5-9-21/h6-7,10,12H,3-5,8-9,11H2,1-2H3,(H,19,24)(H,20,23)/t12-/m1/s1. The van der Waals surface area contributed by atoms with Crippen molar-refractivity contribution in [1.82, 2.24) is 10.6 Å². The van der Waals surface area contributed by atoms with Gasteiger partial charge in [-0.3, -0.25) is 19.7 Å². The second-order valence-corrected chi connectivity index (χ2v) is 6.41. The van der Waals surface area contributed by atoms with Gasteiger partial charge in [0.15, 0.2) is 6.61 Å². The zero-order chi connectivity index (χ0) is 20.7. The second-order valence-electron chi connectivity index (χ2n) is 6.41. The lowest BCUT2D eigenvalue weighted by molar-refractivity contribution is -0.384. The summed E-state index contributed by atoms with van der Waals surface area (Å²) in [4.78, 5) is 48.3. The number of esters is 1. The topological polar surface area (TPSA) is 131 Å². The van der Waals surface area contributed by atoms with E-state index in [9.17, 15) is 24.5 Å². The summed E-state index contributed by atoms with van der Waals surface area (Å²) in [5.41, 5.74) is 0.275. The molecular weight excluding hydrogens is 368 g/mol. The Balaban J connectivity index is 1.98. The van der Waals surface area contributed by atoms with Crippen molar-refractivity contribution in [3.8, 4) is 0 Å². The van der Waals surface area contributed by atoms with Crippen molar-refractivity contribution in [2.75, 3.05) is 31.1 Å². The van der Waals surface area contributed by atoms with Crippen LogP contribution in [0.5, 0.6) is 0 Å². The Morgan fingerprint density at radius 3 is 2.57 bits per heavy atom. The van der Waals surface area contributed by atoms with Crippen molar-refractivity contribution in [3.63, 3.8) is 0 Å². The summed E-state index contributed by atoms with van der Waals surface area (Å²) in [6, 6.07) is 3.35. The molecule has 10 heteroatoms. The quantitative estimate of drug-likeness (QED) is 0.383. The number of nitro benzene ring substituents is 1. The zero-order valence-corrected chi connectivity index (χ0v) is 15.9. The van der Waals surface area contributed by atoms with Crippen LogP contribution < -0.4 is 15.5 Å². The van der Waals surface area contributed by atoms with Crippen LogP contribution in [-0.2, 0) is 14.3 Å². The van der Waals surface area contributed by atoms with Crippen molar-refractivity contribution in [2.45, 2.75) is 32.7 Å². The average Bonchev–Trinajstić information content (AvgIpc) is 3.20. The number of hydrogen-bond acceptors (Lipinski definition) is 7. The third kappa shape index (κ3) is 5.41. The molecule has 1 heterocycles. The smallest absolute Gasteiger partial charge is 0.338 e. The monoisotopic (exact) mass is 392 g/mol. The lowest BCUT2D eigenvalue weighted by atomic mass is 10.1. The van der Waals surface area contributed by atoms with E-state index in [0.717, 1.165) is 32.0 Å². The Hall–Kier alpha value is -3.17. The maximum absolute atomic E-state index is 12.2. The van der Waals surface area contributed by atoms with Crippen LogP contribution in [0.2, 0.25) is 0 Å². The molecule has 0 aliphatic carbocycles. The Kier molecular flexibility index (Phi) is 7.30. The van der Waals surface area contributed by atoms with Crippen molar-refractivity contribution in [3.05, 3.63) is 33.9 Å². The highest BCUT2D eigenvalue weighted by atomic mass is 16.6. The van der Waals surface area contributed by atoms with Crippen molar-refractivity contribution < 1.29 is 24.0 Å². The first kappa shape index (κ1) is 21.1. The van der Waals surface area contributed by atoms with Crippen LogP contribution >= 0.6 is 0 Å². The van der Waals surface area contributed by atoms with Gasteiger partial charge in [-0.05, 0) is 38.8 Å². The third-order valence-corrected chi connectivity index (χ3v) is 4.31. The highest BCUT2D eigenvalue weighted by molar-refractivity contribution is 5.93. The molecule has 0 aromatic heterocycles. The number of hydrogen-bond donors (Lipinski definition) is 2. The first-order valence-corrected chi connectivity index (χ1v) is 9.11. The van der Waals surface area contributed by atoms with Crippen molar-refractivity contribution >= 4 is 29.2 Å². The highest BCUT2D eigenvalue weighted by Crippen LogP contribution is 2.31. The minimum atomic E-state index is -0.850. The van der Waals surface area contributed by atoms with Crippen molar-refractivity contribution in [2.24, 2.45) is 0 Å². The summed E-state index contributed by atoms with van der Waals surface area (Å²) < 4.78 is 4.91. The number of carbonyl (C=O) groups excluding carboxylic acids is 3.